The summed E-state index contributed by atoms with van der Waals surface area (Å²) in [6, 6.07) is 0. The highest BCUT2D eigenvalue weighted by atomic mass is 16.3. The van der Waals surface area contributed by atoms with E-state index in [1.54, 1.807) is 0 Å². The van der Waals surface area contributed by atoms with Crippen LogP contribution in [0.2, 0.25) is 0 Å². The monoisotopic (exact) mass is 177 g/mol. The zero-order valence-corrected chi connectivity index (χ0v) is 6.82. The number of aliphatic hydroxyl groups is 4. The van der Waals surface area contributed by atoms with Crippen LogP contribution in [-0.2, 0) is 0 Å². The van der Waals surface area contributed by atoms with Crippen molar-refractivity contribution in [2.24, 2.45) is 0 Å². The molecule has 0 aromatic carbocycles. The van der Waals surface area contributed by atoms with Crippen LogP contribution in [-0.4, -0.2) is 52.3 Å². The third-order valence-electron chi connectivity index (χ3n) is 1.58. The van der Waals surface area contributed by atoms with Crippen LogP contribution in [0.25, 0.3) is 0 Å². The fourth-order valence-corrected chi connectivity index (χ4v) is 0.607. The molecular formula is C7H15NO4. The molecule has 0 unspecified atom stereocenters. The first-order valence-corrected chi connectivity index (χ1v) is 3.54. The Hall–Kier alpha value is -0.620. The second kappa shape index (κ2) is 5.10. The van der Waals surface area contributed by atoms with Crippen molar-refractivity contribution in [3.05, 3.63) is 12.3 Å². The van der Waals surface area contributed by atoms with Gasteiger partial charge in [0, 0.05) is 0 Å². The minimum absolute atomic E-state index is 0.0294. The Labute approximate surface area is 71.0 Å². The van der Waals surface area contributed by atoms with E-state index in [0.29, 0.717) is 0 Å². The lowest BCUT2D eigenvalue weighted by molar-refractivity contribution is 0.0429. The normalized spacial score (nSPS) is 11.6. The van der Waals surface area contributed by atoms with Crippen LogP contribution < -0.4 is 5.32 Å². The molecule has 0 saturated carbocycles. The molecule has 0 saturated heterocycles. The standard InChI is InChI=1S/C7H15NO4/c1-6(12)2-8-7(3-9,4-10)5-11/h8-12H,1-5H2. The summed E-state index contributed by atoms with van der Waals surface area (Å²) < 4.78 is 0. The van der Waals surface area contributed by atoms with Gasteiger partial charge in [0.2, 0.25) is 0 Å². The van der Waals surface area contributed by atoms with Gasteiger partial charge in [0.25, 0.3) is 0 Å². The van der Waals surface area contributed by atoms with Crippen LogP contribution in [0.3, 0.4) is 0 Å². The summed E-state index contributed by atoms with van der Waals surface area (Å²) in [5, 5.41) is 37.7. The Bertz CT molecular complexity index is 136. The average Bonchev–Trinajstić information content (AvgIpc) is 2.08. The smallest absolute Gasteiger partial charge is 0.0989 e. The maximum Gasteiger partial charge on any atom is 0.0989 e. The topological polar surface area (TPSA) is 93.0 Å². The maximum atomic E-state index is 8.80. The molecule has 0 fully saturated rings. The van der Waals surface area contributed by atoms with Gasteiger partial charge in [0.1, 0.15) is 0 Å². The van der Waals surface area contributed by atoms with Crippen LogP contribution in [0, 0.1) is 0 Å². The van der Waals surface area contributed by atoms with E-state index in [9.17, 15) is 0 Å². The van der Waals surface area contributed by atoms with Gasteiger partial charge in [-0.25, -0.2) is 0 Å². The van der Waals surface area contributed by atoms with Gasteiger partial charge in [-0.1, -0.05) is 6.58 Å². The first-order valence-electron chi connectivity index (χ1n) is 3.54. The quantitative estimate of drug-likeness (QED) is 0.314. The Morgan fingerprint density at radius 3 is 1.83 bits per heavy atom. The SMILES string of the molecule is C=C(O)CNC(CO)(CO)CO. The molecule has 0 atom stereocenters. The molecule has 0 aliphatic rings. The number of nitrogens with one attached hydrogen (secondary N) is 1. The van der Waals surface area contributed by atoms with Gasteiger partial charge < -0.3 is 20.4 Å². The number of rotatable bonds is 6. The van der Waals surface area contributed by atoms with Gasteiger partial charge in [-0.15, -0.1) is 0 Å². The second-order valence-electron chi connectivity index (χ2n) is 2.67. The van der Waals surface area contributed by atoms with Gasteiger partial charge in [-0.3, -0.25) is 5.32 Å². The summed E-state index contributed by atoms with van der Waals surface area (Å²) in [7, 11) is 0. The number of aliphatic hydroxyl groups excluding tert-OH is 4. The fraction of sp³-hybridized carbons (Fsp3) is 0.714. The molecule has 72 valence electrons. The highest BCUT2D eigenvalue weighted by molar-refractivity contribution is 4.92. The molecular weight excluding hydrogens is 162 g/mol. The van der Waals surface area contributed by atoms with E-state index in [4.69, 9.17) is 20.4 Å². The largest absolute Gasteiger partial charge is 0.512 e. The highest BCUT2D eigenvalue weighted by Gasteiger charge is 2.26. The molecule has 0 radical (unpaired) electrons. The molecule has 0 heterocycles. The molecule has 0 spiro atoms. The molecule has 0 aromatic heterocycles. The zero-order chi connectivity index (χ0) is 9.61. The molecule has 0 aromatic rings. The van der Waals surface area contributed by atoms with E-state index in [1.807, 2.05) is 0 Å². The predicted octanol–water partition coefficient (Wildman–Crippen LogP) is -1.64. The van der Waals surface area contributed by atoms with Crippen LogP contribution in [0.4, 0.5) is 0 Å². The zero-order valence-electron chi connectivity index (χ0n) is 6.82. The summed E-state index contributed by atoms with van der Waals surface area (Å²) in [5.74, 6) is -0.116. The molecule has 0 aliphatic heterocycles. The second-order valence-corrected chi connectivity index (χ2v) is 2.67. The lowest BCUT2D eigenvalue weighted by atomic mass is 10.0. The Kier molecular flexibility index (Phi) is 4.84. The van der Waals surface area contributed by atoms with E-state index < -0.39 is 25.4 Å². The minimum atomic E-state index is -1.15. The fourth-order valence-electron chi connectivity index (χ4n) is 0.607. The third kappa shape index (κ3) is 3.19. The summed E-state index contributed by atoms with van der Waals surface area (Å²) in [6.45, 7) is 2.01. The summed E-state index contributed by atoms with van der Waals surface area (Å²) >= 11 is 0. The van der Waals surface area contributed by atoms with Crippen molar-refractivity contribution in [2.45, 2.75) is 5.54 Å². The Morgan fingerprint density at radius 2 is 1.58 bits per heavy atom. The average molecular weight is 177 g/mol. The summed E-state index contributed by atoms with van der Waals surface area (Å²) in [4.78, 5) is 0. The Morgan fingerprint density at radius 1 is 1.17 bits per heavy atom. The lowest BCUT2D eigenvalue weighted by Gasteiger charge is -2.28. The van der Waals surface area contributed by atoms with E-state index in [-0.39, 0.29) is 12.3 Å². The number of hydrogen-bond donors (Lipinski definition) is 5. The number of hydrogen-bond acceptors (Lipinski definition) is 5. The van der Waals surface area contributed by atoms with Crippen molar-refractivity contribution < 1.29 is 20.4 Å². The van der Waals surface area contributed by atoms with Crippen molar-refractivity contribution in [2.75, 3.05) is 26.4 Å². The first-order chi connectivity index (χ1) is 5.60. The third-order valence-corrected chi connectivity index (χ3v) is 1.58. The van der Waals surface area contributed by atoms with E-state index in [0.717, 1.165) is 0 Å². The van der Waals surface area contributed by atoms with Crippen LogP contribution in [0.1, 0.15) is 0 Å². The van der Waals surface area contributed by atoms with Gasteiger partial charge in [0.15, 0.2) is 0 Å². The predicted molar refractivity (Wildman–Crippen MR) is 43.8 cm³/mol. The van der Waals surface area contributed by atoms with Crippen molar-refractivity contribution in [3.8, 4) is 0 Å². The van der Waals surface area contributed by atoms with E-state index in [1.165, 1.54) is 0 Å². The Balaban J connectivity index is 4.01. The lowest BCUT2D eigenvalue weighted by Crippen LogP contribution is -2.55. The van der Waals surface area contributed by atoms with Gasteiger partial charge in [-0.05, 0) is 0 Å². The van der Waals surface area contributed by atoms with E-state index >= 15 is 0 Å². The highest BCUT2D eigenvalue weighted by Crippen LogP contribution is 2.01. The molecule has 0 rings (SSSR count). The van der Waals surface area contributed by atoms with Crippen molar-refractivity contribution in [1.29, 1.82) is 0 Å². The summed E-state index contributed by atoms with van der Waals surface area (Å²) in [6.07, 6.45) is 0. The van der Waals surface area contributed by atoms with Gasteiger partial charge in [-0.2, -0.15) is 0 Å². The molecule has 5 nitrogen and oxygen atoms in total. The van der Waals surface area contributed by atoms with Gasteiger partial charge in [0.05, 0.1) is 37.7 Å². The molecule has 0 aliphatic carbocycles. The van der Waals surface area contributed by atoms with Crippen molar-refractivity contribution >= 4 is 0 Å². The first kappa shape index (κ1) is 11.4. The molecule has 0 amide bonds. The van der Waals surface area contributed by atoms with E-state index in [2.05, 4.69) is 11.9 Å². The molecule has 5 heteroatoms. The summed E-state index contributed by atoms with van der Waals surface area (Å²) in [5.41, 5.74) is -1.15. The van der Waals surface area contributed by atoms with Gasteiger partial charge >= 0.3 is 0 Å². The molecule has 0 bridgehead atoms. The van der Waals surface area contributed by atoms with Crippen LogP contribution in [0.5, 0.6) is 0 Å². The molecule has 5 N–H and O–H groups in total. The van der Waals surface area contributed by atoms with Crippen LogP contribution in [0.15, 0.2) is 12.3 Å². The van der Waals surface area contributed by atoms with Crippen LogP contribution >= 0.6 is 0 Å². The maximum absolute atomic E-state index is 8.80. The molecule has 12 heavy (non-hydrogen) atoms. The van der Waals surface area contributed by atoms with Crippen molar-refractivity contribution in [3.63, 3.8) is 0 Å². The minimum Gasteiger partial charge on any atom is -0.512 e. The van der Waals surface area contributed by atoms with Crippen molar-refractivity contribution in [1.82, 2.24) is 5.32 Å².